The van der Waals surface area contributed by atoms with Gasteiger partial charge in [-0.05, 0) is 17.5 Å². The minimum absolute atomic E-state index is 0.114. The standard InChI is InChI=1S/C15H15N3O5S/c1-8(19)18-4-3-17(7-11(18)15(22)23)14(21)10-6-9-2-5-24-12(9)13(20)16-10/h2,5-6,11H,3-4,7H2,1H3,(H,16,20)(H,22,23). The van der Waals surface area contributed by atoms with E-state index in [0.29, 0.717) is 10.1 Å². The van der Waals surface area contributed by atoms with Crippen LogP contribution in [-0.4, -0.2) is 63.4 Å². The molecule has 0 saturated carbocycles. The van der Waals surface area contributed by atoms with Crippen molar-refractivity contribution < 1.29 is 19.5 Å². The molecule has 2 N–H and O–H groups in total. The van der Waals surface area contributed by atoms with Crippen LogP contribution in [-0.2, 0) is 9.59 Å². The molecule has 0 bridgehead atoms. The van der Waals surface area contributed by atoms with Crippen molar-refractivity contribution in [3.8, 4) is 0 Å². The number of carboxylic acid groups (broad SMARTS) is 1. The third-order valence-corrected chi connectivity index (χ3v) is 4.97. The summed E-state index contributed by atoms with van der Waals surface area (Å²) in [5.41, 5.74) is -0.227. The van der Waals surface area contributed by atoms with Crippen LogP contribution in [0.1, 0.15) is 17.4 Å². The second kappa shape index (κ2) is 6.08. The van der Waals surface area contributed by atoms with Gasteiger partial charge in [0.1, 0.15) is 11.7 Å². The van der Waals surface area contributed by atoms with Gasteiger partial charge in [0.25, 0.3) is 11.5 Å². The normalized spacial score (nSPS) is 18.0. The Bertz CT molecular complexity index is 887. The molecule has 24 heavy (non-hydrogen) atoms. The number of aliphatic carboxylic acids is 1. The summed E-state index contributed by atoms with van der Waals surface area (Å²) < 4.78 is 0.538. The van der Waals surface area contributed by atoms with Crippen LogP contribution in [0, 0.1) is 0 Å². The summed E-state index contributed by atoms with van der Waals surface area (Å²) in [6, 6.07) is 2.25. The van der Waals surface area contributed by atoms with Gasteiger partial charge in [-0.1, -0.05) is 0 Å². The Morgan fingerprint density at radius 1 is 1.33 bits per heavy atom. The number of nitrogens with zero attached hydrogens (tertiary/aromatic N) is 2. The van der Waals surface area contributed by atoms with Gasteiger partial charge >= 0.3 is 5.97 Å². The summed E-state index contributed by atoms with van der Waals surface area (Å²) in [7, 11) is 0. The van der Waals surface area contributed by atoms with Crippen LogP contribution in [0.5, 0.6) is 0 Å². The van der Waals surface area contributed by atoms with Crippen LogP contribution in [0.15, 0.2) is 22.3 Å². The number of carboxylic acids is 1. The zero-order chi connectivity index (χ0) is 17.4. The molecule has 126 valence electrons. The summed E-state index contributed by atoms with van der Waals surface area (Å²) in [4.78, 5) is 52.7. The molecule has 0 radical (unpaired) electrons. The van der Waals surface area contributed by atoms with Crippen LogP contribution < -0.4 is 5.56 Å². The SMILES string of the molecule is CC(=O)N1CCN(C(=O)c2cc3ccsc3c(=O)[nH]2)CC1C(=O)O. The number of thiophene rings is 1. The molecular weight excluding hydrogens is 334 g/mol. The number of piperazine rings is 1. The molecule has 1 aliphatic heterocycles. The number of carbonyl (C=O) groups excluding carboxylic acids is 2. The van der Waals surface area contributed by atoms with Gasteiger partial charge in [0.15, 0.2) is 0 Å². The number of fused-ring (bicyclic) bond motifs is 1. The van der Waals surface area contributed by atoms with Crippen LogP contribution in [0.2, 0.25) is 0 Å². The molecule has 0 aliphatic carbocycles. The zero-order valence-electron chi connectivity index (χ0n) is 12.8. The Morgan fingerprint density at radius 3 is 2.75 bits per heavy atom. The first-order valence-corrected chi connectivity index (χ1v) is 8.16. The molecule has 8 nitrogen and oxygen atoms in total. The highest BCUT2D eigenvalue weighted by molar-refractivity contribution is 7.17. The number of hydrogen-bond donors (Lipinski definition) is 2. The van der Waals surface area contributed by atoms with Gasteiger partial charge in [0, 0.05) is 25.4 Å². The molecule has 2 aromatic rings. The maximum absolute atomic E-state index is 12.6. The van der Waals surface area contributed by atoms with E-state index in [0.717, 1.165) is 0 Å². The quantitative estimate of drug-likeness (QED) is 0.813. The van der Waals surface area contributed by atoms with Gasteiger partial charge in [0.2, 0.25) is 5.91 Å². The lowest BCUT2D eigenvalue weighted by molar-refractivity contribution is -0.152. The summed E-state index contributed by atoms with van der Waals surface area (Å²) >= 11 is 1.29. The van der Waals surface area contributed by atoms with Gasteiger partial charge in [-0.25, -0.2) is 4.79 Å². The first-order valence-electron chi connectivity index (χ1n) is 7.28. The molecule has 1 unspecified atom stereocenters. The molecule has 1 fully saturated rings. The maximum Gasteiger partial charge on any atom is 0.328 e. The van der Waals surface area contributed by atoms with E-state index in [1.807, 2.05) is 0 Å². The number of H-pyrrole nitrogens is 1. The Kier molecular flexibility index (Phi) is 4.10. The third kappa shape index (κ3) is 2.78. The minimum Gasteiger partial charge on any atom is -0.480 e. The zero-order valence-corrected chi connectivity index (χ0v) is 13.6. The van der Waals surface area contributed by atoms with Crippen molar-refractivity contribution in [2.24, 2.45) is 0 Å². The van der Waals surface area contributed by atoms with Crippen molar-refractivity contribution >= 4 is 39.2 Å². The molecule has 9 heteroatoms. The molecule has 1 aliphatic rings. The van der Waals surface area contributed by atoms with E-state index < -0.39 is 17.9 Å². The van der Waals surface area contributed by atoms with E-state index in [1.54, 1.807) is 17.5 Å². The second-order valence-corrected chi connectivity index (χ2v) is 6.45. The molecular formula is C15H15N3O5S. The lowest BCUT2D eigenvalue weighted by Gasteiger charge is -2.38. The minimum atomic E-state index is -1.16. The van der Waals surface area contributed by atoms with E-state index >= 15 is 0 Å². The van der Waals surface area contributed by atoms with Crippen LogP contribution in [0.4, 0.5) is 0 Å². The summed E-state index contributed by atoms with van der Waals surface area (Å²) in [6.45, 7) is 1.54. The van der Waals surface area contributed by atoms with Crippen molar-refractivity contribution in [1.29, 1.82) is 0 Å². The lowest BCUT2D eigenvalue weighted by atomic mass is 10.1. The molecule has 1 atom stereocenters. The number of carbonyl (C=O) groups is 3. The first kappa shape index (κ1) is 16.2. The molecule has 1 saturated heterocycles. The maximum atomic E-state index is 12.6. The molecule has 3 rings (SSSR count). The Hall–Kier alpha value is -2.68. The Balaban J connectivity index is 1.88. The van der Waals surface area contributed by atoms with Crippen LogP contribution >= 0.6 is 11.3 Å². The summed E-state index contributed by atoms with van der Waals surface area (Å²) in [5.74, 6) is -1.96. The Morgan fingerprint density at radius 2 is 2.08 bits per heavy atom. The highest BCUT2D eigenvalue weighted by Gasteiger charge is 2.36. The van der Waals surface area contributed by atoms with Crippen molar-refractivity contribution in [1.82, 2.24) is 14.8 Å². The second-order valence-electron chi connectivity index (χ2n) is 5.53. The van der Waals surface area contributed by atoms with E-state index in [1.165, 1.54) is 28.1 Å². The number of rotatable bonds is 2. The average Bonchev–Trinajstić information content (AvgIpc) is 3.02. The highest BCUT2D eigenvalue weighted by atomic mass is 32.1. The van der Waals surface area contributed by atoms with E-state index in [2.05, 4.69) is 4.98 Å². The van der Waals surface area contributed by atoms with E-state index in [9.17, 15) is 24.3 Å². The highest BCUT2D eigenvalue weighted by Crippen LogP contribution is 2.19. The number of amides is 2. The Labute approximate surface area is 140 Å². The number of aromatic nitrogens is 1. The van der Waals surface area contributed by atoms with Crippen molar-refractivity contribution in [3.05, 3.63) is 33.6 Å². The van der Waals surface area contributed by atoms with E-state index in [4.69, 9.17) is 0 Å². The number of hydrogen-bond acceptors (Lipinski definition) is 5. The number of aromatic amines is 1. The largest absolute Gasteiger partial charge is 0.480 e. The van der Waals surface area contributed by atoms with Crippen molar-refractivity contribution in [2.75, 3.05) is 19.6 Å². The van der Waals surface area contributed by atoms with E-state index in [-0.39, 0.29) is 36.8 Å². The molecule has 0 spiro atoms. The lowest BCUT2D eigenvalue weighted by Crippen LogP contribution is -2.59. The average molecular weight is 349 g/mol. The number of pyridine rings is 1. The van der Waals surface area contributed by atoms with Gasteiger partial charge in [0.05, 0.1) is 11.2 Å². The monoisotopic (exact) mass is 349 g/mol. The van der Waals surface area contributed by atoms with Crippen molar-refractivity contribution in [3.63, 3.8) is 0 Å². The molecule has 3 heterocycles. The first-order chi connectivity index (χ1) is 11.4. The van der Waals surface area contributed by atoms with Gasteiger partial charge in [-0.3, -0.25) is 14.4 Å². The summed E-state index contributed by atoms with van der Waals surface area (Å²) in [6.07, 6.45) is 0. The predicted octanol–water partition coefficient (Wildman–Crippen LogP) is 0.347. The van der Waals surface area contributed by atoms with Crippen molar-refractivity contribution in [2.45, 2.75) is 13.0 Å². The summed E-state index contributed by atoms with van der Waals surface area (Å²) in [5, 5.41) is 11.7. The molecule has 0 aromatic carbocycles. The fraction of sp³-hybridized carbons (Fsp3) is 0.333. The smallest absolute Gasteiger partial charge is 0.328 e. The fourth-order valence-electron chi connectivity index (χ4n) is 2.83. The number of nitrogens with one attached hydrogen (secondary N) is 1. The molecule has 2 aromatic heterocycles. The fourth-order valence-corrected chi connectivity index (χ4v) is 3.60. The predicted molar refractivity (Wildman–Crippen MR) is 87.2 cm³/mol. The topological polar surface area (TPSA) is 111 Å². The van der Waals surface area contributed by atoms with Crippen LogP contribution in [0.3, 0.4) is 0 Å². The third-order valence-electron chi connectivity index (χ3n) is 4.04. The molecule has 2 amide bonds. The van der Waals surface area contributed by atoms with Gasteiger partial charge in [-0.2, -0.15) is 0 Å². The van der Waals surface area contributed by atoms with Gasteiger partial charge < -0.3 is 19.9 Å². The van der Waals surface area contributed by atoms with Crippen LogP contribution in [0.25, 0.3) is 10.1 Å². The van der Waals surface area contributed by atoms with Gasteiger partial charge in [-0.15, -0.1) is 11.3 Å².